The standard InChI is InChI=1S/C12H13F3O3/c1-11(17-2,12(13,14)15)10(16)18-8-9-6-4-3-5-7-9/h3-7H,8H2,1-2H3. The topological polar surface area (TPSA) is 35.5 Å². The highest BCUT2D eigenvalue weighted by Crippen LogP contribution is 2.34. The summed E-state index contributed by atoms with van der Waals surface area (Å²) >= 11 is 0. The van der Waals surface area contributed by atoms with Crippen LogP contribution in [-0.2, 0) is 20.9 Å². The molecule has 1 aromatic carbocycles. The van der Waals surface area contributed by atoms with Gasteiger partial charge in [-0.15, -0.1) is 0 Å². The second kappa shape index (κ2) is 5.39. The van der Waals surface area contributed by atoms with E-state index in [4.69, 9.17) is 0 Å². The van der Waals surface area contributed by atoms with Gasteiger partial charge in [-0.25, -0.2) is 4.79 Å². The summed E-state index contributed by atoms with van der Waals surface area (Å²) < 4.78 is 46.8. The van der Waals surface area contributed by atoms with Gasteiger partial charge in [0, 0.05) is 7.11 Å². The lowest BCUT2D eigenvalue weighted by Crippen LogP contribution is -2.51. The first kappa shape index (κ1) is 14.5. The molecule has 1 aromatic rings. The largest absolute Gasteiger partial charge is 0.458 e. The van der Waals surface area contributed by atoms with Gasteiger partial charge in [0.25, 0.3) is 5.60 Å². The van der Waals surface area contributed by atoms with Gasteiger partial charge < -0.3 is 9.47 Å². The number of carbonyl (C=O) groups excluding carboxylic acids is 1. The van der Waals surface area contributed by atoms with Crippen LogP contribution in [0.15, 0.2) is 30.3 Å². The molecule has 0 heterocycles. The first-order valence-corrected chi connectivity index (χ1v) is 5.14. The number of halogens is 3. The van der Waals surface area contributed by atoms with E-state index < -0.39 is 17.7 Å². The average Bonchev–Trinajstić information content (AvgIpc) is 2.34. The molecule has 6 heteroatoms. The quantitative estimate of drug-likeness (QED) is 0.783. The molecule has 0 N–H and O–H groups in total. The van der Waals surface area contributed by atoms with Crippen LogP contribution in [0.4, 0.5) is 13.2 Å². The number of rotatable bonds is 4. The SMILES string of the molecule is COC(C)(C(=O)OCc1ccccc1)C(F)(F)F. The Morgan fingerprint density at radius 2 is 1.78 bits per heavy atom. The Kier molecular flexibility index (Phi) is 4.34. The smallest absolute Gasteiger partial charge is 0.428 e. The van der Waals surface area contributed by atoms with Gasteiger partial charge in [-0.05, 0) is 12.5 Å². The molecule has 1 unspecified atom stereocenters. The minimum atomic E-state index is -4.82. The van der Waals surface area contributed by atoms with Crippen molar-refractivity contribution in [2.75, 3.05) is 7.11 Å². The molecule has 0 aliphatic carbocycles. The van der Waals surface area contributed by atoms with E-state index in [2.05, 4.69) is 9.47 Å². The summed E-state index contributed by atoms with van der Waals surface area (Å²) in [6.45, 7) is 0.412. The summed E-state index contributed by atoms with van der Waals surface area (Å²) in [4.78, 5) is 11.4. The third-order valence-electron chi connectivity index (χ3n) is 2.55. The first-order chi connectivity index (χ1) is 8.31. The van der Waals surface area contributed by atoms with E-state index in [0.717, 1.165) is 7.11 Å². The Hall–Kier alpha value is -1.56. The zero-order valence-electron chi connectivity index (χ0n) is 9.95. The summed E-state index contributed by atoms with van der Waals surface area (Å²) in [5, 5.41) is 0. The molecule has 0 saturated carbocycles. The molecule has 1 rings (SSSR count). The van der Waals surface area contributed by atoms with Crippen LogP contribution in [0.2, 0.25) is 0 Å². The normalized spacial score (nSPS) is 14.9. The maximum atomic E-state index is 12.7. The number of esters is 1. The van der Waals surface area contributed by atoms with Gasteiger partial charge in [0.2, 0.25) is 0 Å². The molecule has 3 nitrogen and oxygen atoms in total. The molecule has 0 amide bonds. The predicted octanol–water partition coefficient (Wildman–Crippen LogP) is 2.70. The van der Waals surface area contributed by atoms with Crippen LogP contribution in [0.3, 0.4) is 0 Å². The van der Waals surface area contributed by atoms with Gasteiger partial charge in [-0.2, -0.15) is 13.2 Å². The highest BCUT2D eigenvalue weighted by Gasteiger charge is 2.59. The van der Waals surface area contributed by atoms with Crippen LogP contribution in [0.5, 0.6) is 0 Å². The van der Waals surface area contributed by atoms with E-state index in [0.29, 0.717) is 12.5 Å². The molecule has 0 aliphatic rings. The molecular formula is C12H13F3O3. The average molecular weight is 262 g/mol. The summed E-state index contributed by atoms with van der Waals surface area (Å²) in [6.07, 6.45) is -4.82. The van der Waals surface area contributed by atoms with Gasteiger partial charge in [-0.3, -0.25) is 0 Å². The van der Waals surface area contributed by atoms with E-state index in [1.165, 1.54) is 0 Å². The van der Waals surface area contributed by atoms with Crippen LogP contribution in [-0.4, -0.2) is 24.9 Å². The van der Waals surface area contributed by atoms with Crippen molar-refractivity contribution in [1.82, 2.24) is 0 Å². The molecule has 0 radical (unpaired) electrons. The summed E-state index contributed by atoms with van der Waals surface area (Å²) in [6, 6.07) is 8.43. The third kappa shape index (κ3) is 3.01. The minimum absolute atomic E-state index is 0.227. The predicted molar refractivity (Wildman–Crippen MR) is 57.7 cm³/mol. The zero-order valence-corrected chi connectivity index (χ0v) is 9.95. The number of carbonyl (C=O) groups is 1. The van der Waals surface area contributed by atoms with Crippen LogP contribution < -0.4 is 0 Å². The number of alkyl halides is 3. The Morgan fingerprint density at radius 1 is 1.22 bits per heavy atom. The zero-order chi connectivity index (χ0) is 13.8. The van der Waals surface area contributed by atoms with Crippen LogP contribution in [0.25, 0.3) is 0 Å². The van der Waals surface area contributed by atoms with E-state index in [1.807, 2.05) is 0 Å². The van der Waals surface area contributed by atoms with Crippen molar-refractivity contribution in [2.45, 2.75) is 25.3 Å². The maximum Gasteiger partial charge on any atom is 0.428 e. The van der Waals surface area contributed by atoms with Crippen molar-refractivity contribution in [1.29, 1.82) is 0 Å². The Labute approximate surface area is 103 Å². The molecule has 1 atom stereocenters. The first-order valence-electron chi connectivity index (χ1n) is 5.14. The molecule has 100 valence electrons. The van der Waals surface area contributed by atoms with Crippen molar-refractivity contribution < 1.29 is 27.4 Å². The van der Waals surface area contributed by atoms with Gasteiger partial charge in [-0.1, -0.05) is 30.3 Å². The molecule has 0 bridgehead atoms. The van der Waals surface area contributed by atoms with E-state index in [-0.39, 0.29) is 6.61 Å². The number of hydrogen-bond acceptors (Lipinski definition) is 3. The molecule has 0 fully saturated rings. The molecule has 0 aromatic heterocycles. The van der Waals surface area contributed by atoms with E-state index >= 15 is 0 Å². The number of ether oxygens (including phenoxy) is 2. The lowest BCUT2D eigenvalue weighted by atomic mass is 10.1. The number of benzene rings is 1. The Bertz CT molecular complexity index is 403. The van der Waals surface area contributed by atoms with Gasteiger partial charge in [0.05, 0.1) is 0 Å². The van der Waals surface area contributed by atoms with Gasteiger partial charge in [0.15, 0.2) is 0 Å². The number of methoxy groups -OCH3 is 1. The summed E-state index contributed by atoms with van der Waals surface area (Å²) in [5.41, 5.74) is -2.34. The maximum absolute atomic E-state index is 12.7. The Balaban J connectivity index is 2.70. The molecule has 18 heavy (non-hydrogen) atoms. The fourth-order valence-electron chi connectivity index (χ4n) is 1.18. The lowest BCUT2D eigenvalue weighted by molar-refractivity contribution is -0.265. The van der Waals surface area contributed by atoms with Crippen molar-refractivity contribution in [3.05, 3.63) is 35.9 Å². The minimum Gasteiger partial charge on any atom is -0.458 e. The third-order valence-corrected chi connectivity index (χ3v) is 2.55. The highest BCUT2D eigenvalue weighted by atomic mass is 19.4. The molecular weight excluding hydrogens is 249 g/mol. The molecule has 0 spiro atoms. The summed E-state index contributed by atoms with van der Waals surface area (Å²) in [7, 11) is 0.817. The van der Waals surface area contributed by atoms with Crippen molar-refractivity contribution in [2.24, 2.45) is 0 Å². The van der Waals surface area contributed by atoms with Gasteiger partial charge in [0.1, 0.15) is 6.61 Å². The lowest BCUT2D eigenvalue weighted by Gasteiger charge is -2.27. The summed E-state index contributed by atoms with van der Waals surface area (Å²) in [5.74, 6) is -1.46. The second-order valence-corrected chi connectivity index (χ2v) is 3.80. The van der Waals surface area contributed by atoms with Crippen molar-refractivity contribution >= 4 is 5.97 Å². The van der Waals surface area contributed by atoms with Crippen LogP contribution in [0, 0.1) is 0 Å². The fourth-order valence-corrected chi connectivity index (χ4v) is 1.18. The molecule has 0 aliphatic heterocycles. The van der Waals surface area contributed by atoms with Crippen LogP contribution in [0.1, 0.15) is 12.5 Å². The Morgan fingerprint density at radius 3 is 2.22 bits per heavy atom. The fraction of sp³-hybridized carbons (Fsp3) is 0.417. The second-order valence-electron chi connectivity index (χ2n) is 3.80. The van der Waals surface area contributed by atoms with Crippen molar-refractivity contribution in [3.63, 3.8) is 0 Å². The van der Waals surface area contributed by atoms with Crippen molar-refractivity contribution in [3.8, 4) is 0 Å². The van der Waals surface area contributed by atoms with E-state index in [9.17, 15) is 18.0 Å². The highest BCUT2D eigenvalue weighted by molar-refractivity contribution is 5.80. The van der Waals surface area contributed by atoms with Crippen LogP contribution >= 0.6 is 0 Å². The van der Waals surface area contributed by atoms with Gasteiger partial charge >= 0.3 is 12.1 Å². The number of hydrogen-bond donors (Lipinski definition) is 0. The van der Waals surface area contributed by atoms with E-state index in [1.54, 1.807) is 30.3 Å². The molecule has 0 saturated heterocycles. The monoisotopic (exact) mass is 262 g/mol.